The molecule has 0 aliphatic carbocycles. The molecule has 7 nitrogen and oxygen atoms in total. The van der Waals surface area contributed by atoms with Gasteiger partial charge >= 0.3 is 5.69 Å². The monoisotopic (exact) mass is 446 g/mol. The number of rotatable bonds is 2. The number of hydrogen-bond donors (Lipinski definition) is 2. The summed E-state index contributed by atoms with van der Waals surface area (Å²) in [7, 11) is 1.53. The summed E-state index contributed by atoms with van der Waals surface area (Å²) in [5, 5.41) is 18.9. The van der Waals surface area contributed by atoms with Crippen LogP contribution in [0.3, 0.4) is 0 Å². The van der Waals surface area contributed by atoms with Crippen LogP contribution >= 0.6 is 38.5 Å². The maximum Gasteiger partial charge on any atom is 0.332 e. The Kier molecular flexibility index (Phi) is 4.50. The van der Waals surface area contributed by atoms with E-state index in [0.29, 0.717) is 3.57 Å². The highest BCUT2D eigenvalue weighted by molar-refractivity contribution is 14.1. The SMILES string of the molecule is Cn1cc(I)c(=O)n([C@@H]2O[C@H](CO)[C@@H](O)[C@@H]2Br)c1=O. The van der Waals surface area contributed by atoms with Gasteiger partial charge in [-0.05, 0) is 22.6 Å². The summed E-state index contributed by atoms with van der Waals surface area (Å²) in [6, 6.07) is 0. The summed E-state index contributed by atoms with van der Waals surface area (Å²) in [4.78, 5) is 23.5. The first-order valence-electron chi connectivity index (χ1n) is 5.44. The van der Waals surface area contributed by atoms with Crippen molar-refractivity contribution in [1.29, 1.82) is 0 Å². The molecule has 1 aliphatic heterocycles. The van der Waals surface area contributed by atoms with Crippen LogP contribution in [0.4, 0.5) is 0 Å². The van der Waals surface area contributed by atoms with Gasteiger partial charge in [-0.1, -0.05) is 15.9 Å². The van der Waals surface area contributed by atoms with Crippen molar-refractivity contribution in [1.82, 2.24) is 9.13 Å². The fraction of sp³-hybridized carbons (Fsp3) is 0.600. The van der Waals surface area contributed by atoms with E-state index in [0.717, 1.165) is 4.57 Å². The first-order valence-corrected chi connectivity index (χ1v) is 7.44. The van der Waals surface area contributed by atoms with E-state index in [4.69, 9.17) is 9.84 Å². The molecule has 2 N–H and O–H groups in total. The van der Waals surface area contributed by atoms with Gasteiger partial charge in [-0.25, -0.2) is 9.36 Å². The smallest absolute Gasteiger partial charge is 0.332 e. The zero-order chi connectivity index (χ0) is 14.3. The van der Waals surface area contributed by atoms with E-state index in [-0.39, 0.29) is 0 Å². The lowest BCUT2D eigenvalue weighted by atomic mass is 10.2. The molecule has 0 amide bonds. The van der Waals surface area contributed by atoms with E-state index in [1.807, 2.05) is 22.6 Å². The number of nitrogens with zero attached hydrogens (tertiary/aromatic N) is 2. The van der Waals surface area contributed by atoms with Gasteiger partial charge in [-0.15, -0.1) is 0 Å². The molecular formula is C10H12BrIN2O5. The van der Waals surface area contributed by atoms with Gasteiger partial charge < -0.3 is 19.5 Å². The van der Waals surface area contributed by atoms with Gasteiger partial charge in [0.15, 0.2) is 6.23 Å². The lowest BCUT2D eigenvalue weighted by molar-refractivity contribution is -0.0470. The van der Waals surface area contributed by atoms with Gasteiger partial charge in [-0.2, -0.15) is 0 Å². The van der Waals surface area contributed by atoms with Gasteiger partial charge in [0.1, 0.15) is 6.10 Å². The van der Waals surface area contributed by atoms with Gasteiger partial charge in [0, 0.05) is 13.2 Å². The zero-order valence-corrected chi connectivity index (χ0v) is 13.6. The summed E-state index contributed by atoms with van der Waals surface area (Å²) in [5.41, 5.74) is -1.02. The van der Waals surface area contributed by atoms with Crippen LogP contribution in [-0.2, 0) is 11.8 Å². The maximum atomic E-state index is 12.1. The molecule has 1 saturated heterocycles. The zero-order valence-electron chi connectivity index (χ0n) is 9.86. The molecule has 0 unspecified atom stereocenters. The highest BCUT2D eigenvalue weighted by Gasteiger charge is 2.44. The number of ether oxygens (including phenoxy) is 1. The standard InChI is InChI=1S/C10H12BrIN2O5/c1-13-2-4(12)8(17)14(10(13)18)9-6(11)7(16)5(3-15)19-9/h2,5-7,9,15-16H,3H2,1H3/t5-,6+,7-,9-/m1/s1. The number of aliphatic hydroxyl groups is 2. The molecule has 0 aromatic carbocycles. The summed E-state index contributed by atoms with van der Waals surface area (Å²) in [6.45, 7) is -0.390. The first-order chi connectivity index (χ1) is 8.88. The molecule has 2 heterocycles. The Labute approximate surface area is 130 Å². The highest BCUT2D eigenvalue weighted by Crippen LogP contribution is 2.32. The number of alkyl halides is 1. The number of halogens is 2. The quantitative estimate of drug-likeness (QED) is 0.456. The van der Waals surface area contributed by atoms with Crippen LogP contribution in [0.25, 0.3) is 0 Å². The summed E-state index contributed by atoms with van der Waals surface area (Å²) < 4.78 is 7.97. The second kappa shape index (κ2) is 5.64. The van der Waals surface area contributed by atoms with Crippen molar-refractivity contribution in [3.63, 3.8) is 0 Å². The Hall–Kier alpha value is -0.230. The van der Waals surface area contributed by atoms with E-state index >= 15 is 0 Å². The first kappa shape index (κ1) is 15.2. The second-order valence-corrected chi connectivity index (χ2v) is 6.45. The Morgan fingerprint density at radius 2 is 2.16 bits per heavy atom. The van der Waals surface area contributed by atoms with E-state index in [2.05, 4.69) is 15.9 Å². The third kappa shape index (κ3) is 2.53. The molecular weight excluding hydrogens is 435 g/mol. The van der Waals surface area contributed by atoms with Crippen LogP contribution in [0.1, 0.15) is 6.23 Å². The van der Waals surface area contributed by atoms with E-state index in [1.54, 1.807) is 0 Å². The Morgan fingerprint density at radius 1 is 1.53 bits per heavy atom. The van der Waals surface area contributed by atoms with Crippen LogP contribution in [-0.4, -0.2) is 43.0 Å². The molecule has 1 aliphatic rings. The predicted octanol–water partition coefficient (Wildman–Crippen LogP) is -0.834. The van der Waals surface area contributed by atoms with Crippen molar-refractivity contribution in [2.75, 3.05) is 6.61 Å². The minimum Gasteiger partial charge on any atom is -0.394 e. The van der Waals surface area contributed by atoms with Crippen molar-refractivity contribution in [3.8, 4) is 0 Å². The van der Waals surface area contributed by atoms with Gasteiger partial charge in [0.05, 0.1) is 21.1 Å². The third-order valence-electron chi connectivity index (χ3n) is 2.97. The van der Waals surface area contributed by atoms with Crippen molar-refractivity contribution in [3.05, 3.63) is 30.6 Å². The van der Waals surface area contributed by atoms with E-state index < -0.39 is 41.1 Å². The number of aryl methyl sites for hydroxylation is 1. The maximum absolute atomic E-state index is 12.1. The number of hydrogen-bond acceptors (Lipinski definition) is 5. The Balaban J connectivity index is 2.55. The van der Waals surface area contributed by atoms with Crippen molar-refractivity contribution in [2.45, 2.75) is 23.3 Å². The van der Waals surface area contributed by atoms with Crippen LogP contribution < -0.4 is 11.2 Å². The normalized spacial score (nSPS) is 30.8. The summed E-state index contributed by atoms with van der Waals surface area (Å²) in [6.07, 6.45) is -1.35. The average molecular weight is 447 g/mol. The van der Waals surface area contributed by atoms with Crippen molar-refractivity contribution < 1.29 is 14.9 Å². The molecule has 1 fully saturated rings. The van der Waals surface area contributed by atoms with Crippen molar-refractivity contribution in [2.24, 2.45) is 7.05 Å². The molecule has 1 aromatic rings. The average Bonchev–Trinajstić information content (AvgIpc) is 2.65. The number of aromatic nitrogens is 2. The van der Waals surface area contributed by atoms with E-state index in [1.165, 1.54) is 17.8 Å². The lowest BCUT2D eigenvalue weighted by Gasteiger charge is -2.17. The van der Waals surface area contributed by atoms with Gasteiger partial charge in [0.25, 0.3) is 5.56 Å². The summed E-state index contributed by atoms with van der Waals surface area (Å²) >= 11 is 5.04. The molecule has 106 valence electrons. The molecule has 0 bridgehead atoms. The Bertz CT molecular complexity index is 566. The molecule has 2 rings (SSSR count). The van der Waals surface area contributed by atoms with Crippen LogP contribution in [0.2, 0.25) is 0 Å². The molecule has 0 saturated carbocycles. The van der Waals surface area contributed by atoms with Crippen LogP contribution in [0, 0.1) is 3.57 Å². The third-order valence-corrected chi connectivity index (χ3v) is 4.70. The van der Waals surface area contributed by atoms with Crippen molar-refractivity contribution >= 4 is 38.5 Å². The molecule has 0 radical (unpaired) electrons. The molecule has 0 spiro atoms. The molecule has 1 aromatic heterocycles. The molecule has 4 atom stereocenters. The summed E-state index contributed by atoms with van der Waals surface area (Å²) in [5.74, 6) is 0. The second-order valence-electron chi connectivity index (χ2n) is 4.23. The predicted molar refractivity (Wildman–Crippen MR) is 78.4 cm³/mol. The minimum atomic E-state index is -0.996. The van der Waals surface area contributed by atoms with Crippen LogP contribution in [0.15, 0.2) is 15.8 Å². The molecule has 19 heavy (non-hydrogen) atoms. The fourth-order valence-corrected chi connectivity index (χ4v) is 3.32. The largest absolute Gasteiger partial charge is 0.394 e. The topological polar surface area (TPSA) is 93.7 Å². The highest BCUT2D eigenvalue weighted by atomic mass is 127. The minimum absolute atomic E-state index is 0.366. The molecule has 9 heteroatoms. The number of aliphatic hydroxyl groups excluding tert-OH is 2. The Morgan fingerprint density at radius 3 is 2.68 bits per heavy atom. The fourth-order valence-electron chi connectivity index (χ4n) is 1.94. The van der Waals surface area contributed by atoms with Gasteiger partial charge in [-0.3, -0.25) is 4.79 Å². The van der Waals surface area contributed by atoms with Crippen LogP contribution in [0.5, 0.6) is 0 Å². The van der Waals surface area contributed by atoms with Gasteiger partial charge in [0.2, 0.25) is 0 Å². The van der Waals surface area contributed by atoms with E-state index in [9.17, 15) is 14.7 Å². The lowest BCUT2D eigenvalue weighted by Crippen LogP contribution is -2.44.